The molecule has 1 aliphatic heterocycles. The van der Waals surface area contributed by atoms with Gasteiger partial charge in [-0.2, -0.15) is 0 Å². The average molecular weight is 889 g/mol. The Morgan fingerprint density at radius 1 is 0.266 bits per heavy atom. The van der Waals surface area contributed by atoms with E-state index in [4.69, 9.17) is 0 Å². The van der Waals surface area contributed by atoms with Gasteiger partial charge < -0.3 is 40.9 Å². The topological polar surface area (TPSA) is 198 Å². The van der Waals surface area contributed by atoms with Crippen molar-refractivity contribution in [3.8, 4) is 0 Å². The van der Waals surface area contributed by atoms with Crippen molar-refractivity contribution in [2.75, 3.05) is 128 Å². The number of nitrogens with one attached hydrogen (secondary N) is 4. The van der Waals surface area contributed by atoms with Gasteiger partial charge in [-0.05, 0) is 183 Å². The summed E-state index contributed by atoms with van der Waals surface area (Å²) in [5.41, 5.74) is 0.947. The van der Waals surface area contributed by atoms with Crippen molar-refractivity contribution in [1.29, 1.82) is 0 Å². The average Bonchev–Trinajstić information content (AvgIpc) is 3.29. The van der Waals surface area contributed by atoms with Gasteiger partial charge in [0.05, 0.1) is 0 Å². The molecule has 0 aromatic heterocycles. The van der Waals surface area contributed by atoms with E-state index in [2.05, 4.69) is 47.9 Å². The van der Waals surface area contributed by atoms with Crippen LogP contribution >= 0.6 is 0 Å². The van der Waals surface area contributed by atoms with Crippen LogP contribution in [0.3, 0.4) is 0 Å². The van der Waals surface area contributed by atoms with Crippen LogP contribution in [-0.2, 0) is 25.7 Å². The van der Waals surface area contributed by atoms with Crippen molar-refractivity contribution in [2.24, 2.45) is 0 Å². The van der Waals surface area contributed by atoms with Gasteiger partial charge in [-0.25, -0.2) is 0 Å². The van der Waals surface area contributed by atoms with Crippen LogP contribution in [0, 0.1) is 0 Å². The zero-order valence-electron chi connectivity index (χ0n) is 38.9. The largest absolute Gasteiger partial charge is 0.380 e. The van der Waals surface area contributed by atoms with Crippen LogP contribution in [0.1, 0.15) is 99.3 Å². The molecule has 0 atom stereocenters. The standard InChI is InChI=1S/C48H72N8O8/c1-53-25-9-5-17-33-35(43(59)41(33)57)19-7-11-27-54(2)29-13-21-49-37-39(47(63)45(37)61)51-23-15-31-56(4)32-16-24-52-40-38(46(62)48(40)64)50-22-14-30-55(3)28-12-8-20-36-34(18-6-10-26-53)42(58)44(36)60/h49-52H,5-32H2,1-4H3. The summed E-state index contributed by atoms with van der Waals surface area (Å²) in [5, 5.41) is 12.6. The SMILES string of the molecule is CN1CCCCc2c(c(=O)c2=O)CCCCN(C)CCCNc2c(c(=O)c2=O)NCCCN(C)CCCNc2c(c(=O)c2=O)NCCCN(C)CCCCc2c(c(=O)c2=O)CCCC1. The van der Waals surface area contributed by atoms with Crippen LogP contribution in [0.5, 0.6) is 0 Å². The molecule has 352 valence electrons. The summed E-state index contributed by atoms with van der Waals surface area (Å²) in [5.74, 6) is 0. The van der Waals surface area contributed by atoms with Crippen LogP contribution in [0.2, 0.25) is 0 Å². The third kappa shape index (κ3) is 13.7. The molecular weight excluding hydrogens is 817 g/mol. The molecule has 0 saturated heterocycles. The molecule has 0 unspecified atom stereocenters. The second-order valence-electron chi connectivity index (χ2n) is 18.2. The Morgan fingerprint density at radius 2 is 0.453 bits per heavy atom. The number of anilines is 4. The number of hydrogen-bond donors (Lipinski definition) is 4. The summed E-state index contributed by atoms with van der Waals surface area (Å²) < 4.78 is 0. The molecule has 0 radical (unpaired) electrons. The fourth-order valence-electron chi connectivity index (χ4n) is 8.92. The van der Waals surface area contributed by atoms with Crippen molar-refractivity contribution < 1.29 is 0 Å². The zero-order valence-corrected chi connectivity index (χ0v) is 38.9. The van der Waals surface area contributed by atoms with E-state index in [9.17, 15) is 38.4 Å². The first-order chi connectivity index (χ1) is 30.8. The quantitative estimate of drug-likeness (QED) is 0.185. The molecule has 1 aliphatic rings. The maximum Gasteiger partial charge on any atom is 0.253 e. The van der Waals surface area contributed by atoms with E-state index in [-0.39, 0.29) is 21.7 Å². The lowest BCUT2D eigenvalue weighted by Crippen LogP contribution is -2.40. The molecule has 0 amide bonds. The highest BCUT2D eigenvalue weighted by atomic mass is 16.2. The third-order valence-electron chi connectivity index (χ3n) is 13.0. The Kier molecular flexibility index (Phi) is 19.8. The van der Waals surface area contributed by atoms with Gasteiger partial charge in [0.1, 0.15) is 22.7 Å². The Bertz CT molecular complexity index is 1900. The molecule has 4 aromatic rings. The summed E-state index contributed by atoms with van der Waals surface area (Å²) >= 11 is 0. The molecule has 4 N–H and O–H groups in total. The third-order valence-corrected chi connectivity index (χ3v) is 13.0. The van der Waals surface area contributed by atoms with E-state index >= 15 is 0 Å². The number of fused-ring (bicyclic) bond motifs is 4. The molecule has 0 fully saturated rings. The van der Waals surface area contributed by atoms with Crippen LogP contribution < -0.4 is 64.7 Å². The molecule has 64 heavy (non-hydrogen) atoms. The first-order valence-corrected chi connectivity index (χ1v) is 23.8. The summed E-state index contributed by atoms with van der Waals surface area (Å²) in [6.07, 6.45) is 12.6. The van der Waals surface area contributed by atoms with Crippen LogP contribution in [0.25, 0.3) is 0 Å². The molecule has 4 aromatic carbocycles. The van der Waals surface area contributed by atoms with Gasteiger partial charge in [0.15, 0.2) is 0 Å². The van der Waals surface area contributed by atoms with Crippen LogP contribution in [0.15, 0.2) is 38.4 Å². The number of hydrogen-bond acceptors (Lipinski definition) is 16. The van der Waals surface area contributed by atoms with Gasteiger partial charge in [-0.15, -0.1) is 0 Å². The number of nitrogens with zero attached hydrogens (tertiary/aromatic N) is 4. The van der Waals surface area contributed by atoms with Crippen molar-refractivity contribution in [3.63, 3.8) is 0 Å². The van der Waals surface area contributed by atoms with E-state index in [1.807, 2.05) is 21.1 Å². The lowest BCUT2D eigenvalue weighted by Gasteiger charge is -2.20. The highest BCUT2D eigenvalue weighted by molar-refractivity contribution is 5.74. The van der Waals surface area contributed by atoms with Crippen LogP contribution in [-0.4, -0.2) is 126 Å². The summed E-state index contributed by atoms with van der Waals surface area (Å²) in [6.45, 7) is 8.77. The highest BCUT2D eigenvalue weighted by Crippen LogP contribution is 2.17. The lowest BCUT2D eigenvalue weighted by molar-refractivity contribution is 0.318. The normalized spacial score (nSPS) is 19.8. The minimum atomic E-state index is -0.495. The van der Waals surface area contributed by atoms with Gasteiger partial charge in [-0.3, -0.25) is 38.4 Å². The Balaban J connectivity index is 1.08. The molecule has 5 rings (SSSR count). The van der Waals surface area contributed by atoms with Gasteiger partial charge in [-0.1, -0.05) is 0 Å². The highest BCUT2D eigenvalue weighted by Gasteiger charge is 2.23. The molecule has 0 saturated carbocycles. The van der Waals surface area contributed by atoms with Crippen molar-refractivity contribution in [2.45, 2.75) is 103 Å². The minimum absolute atomic E-state index is 0.324. The van der Waals surface area contributed by atoms with Crippen molar-refractivity contribution >= 4 is 22.7 Å². The lowest BCUT2D eigenvalue weighted by atomic mass is 9.92. The minimum Gasteiger partial charge on any atom is -0.380 e. The monoisotopic (exact) mass is 889 g/mol. The second kappa shape index (κ2) is 25.2. The second-order valence-corrected chi connectivity index (χ2v) is 18.2. The Hall–Kier alpha value is -4.64. The fourth-order valence-corrected chi connectivity index (χ4v) is 8.92. The van der Waals surface area contributed by atoms with E-state index in [0.717, 1.165) is 129 Å². The predicted molar refractivity (Wildman–Crippen MR) is 260 cm³/mol. The Labute approximate surface area is 376 Å². The molecule has 16 heteroatoms. The fraction of sp³-hybridized carbons (Fsp3) is 0.667. The van der Waals surface area contributed by atoms with Crippen molar-refractivity contribution in [1.82, 2.24) is 19.6 Å². The molecular formula is C48H72N8O8. The summed E-state index contributed by atoms with van der Waals surface area (Å²) in [7, 11) is 8.15. The molecule has 0 spiro atoms. The summed E-state index contributed by atoms with van der Waals surface area (Å²) in [6, 6.07) is 0. The number of rotatable bonds is 0. The van der Waals surface area contributed by atoms with Crippen LogP contribution in [0.4, 0.5) is 22.7 Å². The smallest absolute Gasteiger partial charge is 0.253 e. The van der Waals surface area contributed by atoms with E-state index in [1.54, 1.807) is 0 Å². The maximum absolute atomic E-state index is 12.4. The maximum atomic E-state index is 12.4. The summed E-state index contributed by atoms with van der Waals surface area (Å²) in [4.78, 5) is 108. The molecule has 0 bridgehead atoms. The van der Waals surface area contributed by atoms with E-state index in [1.165, 1.54) is 0 Å². The first-order valence-electron chi connectivity index (χ1n) is 23.8. The molecule has 1 heterocycles. The van der Waals surface area contributed by atoms with Gasteiger partial charge in [0.2, 0.25) is 21.7 Å². The first kappa shape index (κ1) is 50.4. The Morgan fingerprint density at radius 3 is 0.656 bits per heavy atom. The predicted octanol–water partition coefficient (Wildman–Crippen LogP) is 1.41. The zero-order chi connectivity index (χ0) is 46.2. The molecule has 16 nitrogen and oxygen atoms in total. The van der Waals surface area contributed by atoms with Gasteiger partial charge in [0.25, 0.3) is 21.7 Å². The molecule has 0 aliphatic carbocycles. The van der Waals surface area contributed by atoms with E-state index in [0.29, 0.717) is 96.9 Å². The van der Waals surface area contributed by atoms with Crippen molar-refractivity contribution in [3.05, 3.63) is 104 Å². The van der Waals surface area contributed by atoms with Gasteiger partial charge >= 0.3 is 0 Å². The van der Waals surface area contributed by atoms with E-state index < -0.39 is 21.7 Å². The van der Waals surface area contributed by atoms with Gasteiger partial charge in [0, 0.05) is 48.4 Å².